The van der Waals surface area contributed by atoms with Gasteiger partial charge >= 0.3 is 6.18 Å². The van der Waals surface area contributed by atoms with E-state index in [1.165, 1.54) is 18.2 Å². The first-order valence-electron chi connectivity index (χ1n) is 8.10. The maximum Gasteiger partial charge on any atom is 0.418 e. The number of halogens is 3. The highest BCUT2D eigenvalue weighted by atomic mass is 19.4. The van der Waals surface area contributed by atoms with E-state index >= 15 is 0 Å². The Bertz CT molecular complexity index is 831. The van der Waals surface area contributed by atoms with Crippen molar-refractivity contribution in [2.75, 3.05) is 10.6 Å². The number of hydrogen-bond acceptors (Lipinski definition) is 2. The molecule has 26 heavy (non-hydrogen) atoms. The fraction of sp³-hybridized carbons (Fsp3) is 0.263. The number of amides is 2. The Morgan fingerprint density at radius 1 is 0.923 bits per heavy atom. The van der Waals surface area contributed by atoms with E-state index in [0.717, 1.165) is 11.6 Å². The largest absolute Gasteiger partial charge is 0.418 e. The Hall–Kier alpha value is -2.83. The van der Waals surface area contributed by atoms with Crippen LogP contribution >= 0.6 is 0 Å². The normalized spacial score (nSPS) is 18.9. The van der Waals surface area contributed by atoms with E-state index in [-0.39, 0.29) is 11.6 Å². The SMILES string of the molecule is Cc1ccc(NC(=O)C2CC2C(=O)Nc2ccccc2C(F)(F)F)cc1. The molecule has 0 aliphatic heterocycles. The van der Waals surface area contributed by atoms with Crippen LogP contribution in [0, 0.1) is 18.8 Å². The minimum absolute atomic E-state index is 0.297. The molecular weight excluding hydrogens is 345 g/mol. The second-order valence-electron chi connectivity index (χ2n) is 6.34. The molecule has 1 fully saturated rings. The molecule has 2 atom stereocenters. The van der Waals surface area contributed by atoms with Crippen molar-refractivity contribution in [2.45, 2.75) is 19.5 Å². The van der Waals surface area contributed by atoms with E-state index < -0.39 is 29.5 Å². The molecule has 136 valence electrons. The Morgan fingerprint density at radius 2 is 1.50 bits per heavy atom. The van der Waals surface area contributed by atoms with Crippen molar-refractivity contribution in [1.82, 2.24) is 0 Å². The van der Waals surface area contributed by atoms with Gasteiger partial charge in [-0.05, 0) is 37.6 Å². The zero-order chi connectivity index (χ0) is 18.9. The quantitative estimate of drug-likeness (QED) is 0.855. The van der Waals surface area contributed by atoms with Gasteiger partial charge in [0, 0.05) is 5.69 Å². The molecule has 3 rings (SSSR count). The standard InChI is InChI=1S/C19H17F3N2O2/c1-11-6-8-12(9-7-11)23-17(25)13-10-14(13)18(26)24-16-5-3-2-4-15(16)19(20,21)22/h2-9,13-14H,10H2,1H3,(H,23,25)(H,24,26). The summed E-state index contributed by atoms with van der Waals surface area (Å²) in [6, 6.07) is 12.0. The van der Waals surface area contributed by atoms with Crippen molar-refractivity contribution in [3.63, 3.8) is 0 Å². The molecule has 2 N–H and O–H groups in total. The highest BCUT2D eigenvalue weighted by Gasteiger charge is 2.48. The molecule has 0 bridgehead atoms. The van der Waals surface area contributed by atoms with Gasteiger partial charge in [0.05, 0.1) is 23.1 Å². The molecule has 2 amide bonds. The van der Waals surface area contributed by atoms with Crippen LogP contribution in [0.25, 0.3) is 0 Å². The third-order valence-electron chi connectivity index (χ3n) is 4.27. The maximum absolute atomic E-state index is 13.0. The van der Waals surface area contributed by atoms with Crippen LogP contribution in [-0.4, -0.2) is 11.8 Å². The predicted octanol–water partition coefficient (Wildman–Crippen LogP) is 4.23. The number of aryl methyl sites for hydroxylation is 1. The summed E-state index contributed by atoms with van der Waals surface area (Å²) in [5.74, 6) is -2.04. The predicted molar refractivity (Wildman–Crippen MR) is 91.5 cm³/mol. The van der Waals surface area contributed by atoms with Crippen LogP contribution in [0.4, 0.5) is 24.5 Å². The minimum atomic E-state index is -4.56. The molecule has 0 spiro atoms. The first kappa shape index (κ1) is 18.0. The van der Waals surface area contributed by atoms with Crippen LogP contribution < -0.4 is 10.6 Å². The third kappa shape index (κ3) is 4.04. The summed E-state index contributed by atoms with van der Waals surface area (Å²) in [6.45, 7) is 1.92. The van der Waals surface area contributed by atoms with E-state index in [2.05, 4.69) is 10.6 Å². The van der Waals surface area contributed by atoms with Gasteiger partial charge in [-0.15, -0.1) is 0 Å². The van der Waals surface area contributed by atoms with Crippen LogP contribution in [0.15, 0.2) is 48.5 Å². The number of nitrogens with one attached hydrogen (secondary N) is 2. The van der Waals surface area contributed by atoms with E-state index in [1.54, 1.807) is 12.1 Å². The Balaban J connectivity index is 1.61. The Labute approximate surface area is 148 Å². The molecule has 1 aliphatic rings. The number of rotatable bonds is 4. The molecule has 7 heteroatoms. The van der Waals surface area contributed by atoms with Gasteiger partial charge in [0.1, 0.15) is 0 Å². The van der Waals surface area contributed by atoms with Crippen molar-refractivity contribution < 1.29 is 22.8 Å². The molecule has 1 aliphatic carbocycles. The highest BCUT2D eigenvalue weighted by molar-refractivity contribution is 6.03. The summed E-state index contributed by atoms with van der Waals surface area (Å²) in [7, 11) is 0. The van der Waals surface area contributed by atoms with Gasteiger partial charge in [-0.2, -0.15) is 13.2 Å². The summed E-state index contributed by atoms with van der Waals surface area (Å²) < 4.78 is 38.9. The molecule has 4 nitrogen and oxygen atoms in total. The minimum Gasteiger partial charge on any atom is -0.326 e. The van der Waals surface area contributed by atoms with Gasteiger partial charge in [0.2, 0.25) is 11.8 Å². The zero-order valence-electron chi connectivity index (χ0n) is 13.9. The Morgan fingerprint density at radius 3 is 2.12 bits per heavy atom. The summed E-state index contributed by atoms with van der Waals surface area (Å²) in [5, 5.41) is 5.01. The lowest BCUT2D eigenvalue weighted by Crippen LogP contribution is -2.22. The van der Waals surface area contributed by atoms with Crippen LogP contribution in [0.3, 0.4) is 0 Å². The third-order valence-corrected chi connectivity index (χ3v) is 4.27. The number of hydrogen-bond donors (Lipinski definition) is 2. The number of carbonyl (C=O) groups excluding carboxylic acids is 2. The van der Waals surface area contributed by atoms with Crippen molar-refractivity contribution in [3.8, 4) is 0 Å². The summed E-state index contributed by atoms with van der Waals surface area (Å²) in [6.07, 6.45) is -4.24. The number of para-hydroxylation sites is 1. The molecule has 2 unspecified atom stereocenters. The van der Waals surface area contributed by atoms with Crippen molar-refractivity contribution in [3.05, 3.63) is 59.7 Å². The van der Waals surface area contributed by atoms with Gasteiger partial charge in [0.25, 0.3) is 0 Å². The van der Waals surface area contributed by atoms with Gasteiger partial charge in [0.15, 0.2) is 0 Å². The van der Waals surface area contributed by atoms with E-state index in [9.17, 15) is 22.8 Å². The van der Waals surface area contributed by atoms with E-state index in [0.29, 0.717) is 12.1 Å². The van der Waals surface area contributed by atoms with E-state index in [1.807, 2.05) is 19.1 Å². The fourth-order valence-electron chi connectivity index (χ4n) is 2.71. The molecule has 0 aromatic heterocycles. The highest BCUT2D eigenvalue weighted by Crippen LogP contribution is 2.41. The number of benzene rings is 2. The second-order valence-corrected chi connectivity index (χ2v) is 6.34. The number of alkyl halides is 3. The summed E-state index contributed by atoms with van der Waals surface area (Å²) >= 11 is 0. The molecule has 0 saturated heterocycles. The lowest BCUT2D eigenvalue weighted by atomic mass is 10.1. The fourth-order valence-corrected chi connectivity index (χ4v) is 2.71. The van der Waals surface area contributed by atoms with Crippen molar-refractivity contribution in [1.29, 1.82) is 0 Å². The average molecular weight is 362 g/mol. The topological polar surface area (TPSA) is 58.2 Å². The van der Waals surface area contributed by atoms with E-state index in [4.69, 9.17) is 0 Å². The second kappa shape index (κ2) is 6.82. The smallest absolute Gasteiger partial charge is 0.326 e. The maximum atomic E-state index is 13.0. The van der Waals surface area contributed by atoms with Crippen LogP contribution in [0.5, 0.6) is 0 Å². The monoisotopic (exact) mass is 362 g/mol. The number of anilines is 2. The van der Waals surface area contributed by atoms with Gasteiger partial charge < -0.3 is 10.6 Å². The van der Waals surface area contributed by atoms with Crippen LogP contribution in [0.1, 0.15) is 17.5 Å². The number of carbonyl (C=O) groups is 2. The lowest BCUT2D eigenvalue weighted by Gasteiger charge is -2.13. The molecule has 2 aromatic carbocycles. The first-order valence-corrected chi connectivity index (χ1v) is 8.10. The lowest BCUT2D eigenvalue weighted by molar-refractivity contribution is -0.137. The summed E-state index contributed by atoms with van der Waals surface area (Å²) in [4.78, 5) is 24.4. The first-order chi connectivity index (χ1) is 12.3. The van der Waals surface area contributed by atoms with Crippen molar-refractivity contribution >= 4 is 23.2 Å². The van der Waals surface area contributed by atoms with Gasteiger partial charge in [-0.3, -0.25) is 9.59 Å². The van der Waals surface area contributed by atoms with Gasteiger partial charge in [-0.25, -0.2) is 0 Å². The molecule has 2 aromatic rings. The average Bonchev–Trinajstić information content (AvgIpc) is 3.37. The summed E-state index contributed by atoms with van der Waals surface area (Å²) in [5.41, 5.74) is 0.466. The van der Waals surface area contributed by atoms with Crippen molar-refractivity contribution in [2.24, 2.45) is 11.8 Å². The molecule has 0 heterocycles. The zero-order valence-corrected chi connectivity index (χ0v) is 13.9. The van der Waals surface area contributed by atoms with Crippen LogP contribution in [-0.2, 0) is 15.8 Å². The molecule has 0 radical (unpaired) electrons. The van der Waals surface area contributed by atoms with Gasteiger partial charge in [-0.1, -0.05) is 29.8 Å². The molecule has 1 saturated carbocycles. The Kier molecular flexibility index (Phi) is 4.71. The molecular formula is C19H17F3N2O2. The van der Waals surface area contributed by atoms with Crippen LogP contribution in [0.2, 0.25) is 0 Å².